The van der Waals surface area contributed by atoms with Crippen LogP contribution in [0.2, 0.25) is 0 Å². The van der Waals surface area contributed by atoms with Crippen LogP contribution in [0.1, 0.15) is 35.3 Å². The number of imidazole rings is 1. The molecule has 2 aromatic carbocycles. The number of nitrogens with two attached hydrogens (primary N) is 1. The minimum absolute atomic E-state index is 0.106. The molecule has 0 aliphatic heterocycles. The zero-order chi connectivity index (χ0) is 28.6. The van der Waals surface area contributed by atoms with Gasteiger partial charge in [-0.1, -0.05) is 19.9 Å². The summed E-state index contributed by atoms with van der Waals surface area (Å²) in [4.78, 5) is 33.1. The minimum atomic E-state index is -0.917. The monoisotopic (exact) mass is 550 g/mol. The van der Waals surface area contributed by atoms with Crippen molar-refractivity contribution in [2.75, 3.05) is 31.5 Å². The Balaban J connectivity index is 1.49. The number of anilines is 2. The topological polar surface area (TPSA) is 138 Å². The van der Waals surface area contributed by atoms with E-state index in [2.05, 4.69) is 31.2 Å². The Bertz CT molecular complexity index is 1520. The fraction of sp³-hybridized carbons (Fsp3) is 0.286. The van der Waals surface area contributed by atoms with Crippen LogP contribution in [0.4, 0.5) is 25.1 Å². The number of amides is 3. The molecule has 2 aromatic heterocycles. The number of urea groups is 1. The van der Waals surface area contributed by atoms with E-state index in [9.17, 15) is 18.4 Å². The van der Waals surface area contributed by atoms with Crippen LogP contribution < -0.4 is 27.0 Å². The molecule has 0 spiro atoms. The third-order valence-corrected chi connectivity index (χ3v) is 6.37. The lowest BCUT2D eigenvalue weighted by Crippen LogP contribution is -2.41. The zero-order valence-corrected chi connectivity index (χ0v) is 22.4. The molecule has 2 heterocycles. The quantitative estimate of drug-likeness (QED) is 0.181. The molecule has 4 aromatic rings. The van der Waals surface area contributed by atoms with E-state index >= 15 is 0 Å². The van der Waals surface area contributed by atoms with Gasteiger partial charge in [0.15, 0.2) is 23.1 Å². The average molecular weight is 551 g/mol. The van der Waals surface area contributed by atoms with Crippen molar-refractivity contribution in [3.05, 3.63) is 77.2 Å². The van der Waals surface area contributed by atoms with E-state index in [0.29, 0.717) is 59.9 Å². The first kappa shape index (κ1) is 28.4. The standard InChI is InChI=1S/C28H32F2N8O2/c1-3-17-5-7-21(24(30)23(17)29)22-16-36-26-25(32-13-14-38(22)26)37-19-6-8-20(18(4-2)15-19)27(39)33-11-12-35-28(40)34-10-9-31/h5-8,13-16H,3-4,9-12,31H2,1-2H3,(H,32,37)(H,33,39)(H2,34,35,40). The summed E-state index contributed by atoms with van der Waals surface area (Å²) in [5, 5.41) is 11.3. The second-order valence-corrected chi connectivity index (χ2v) is 8.94. The first-order valence-corrected chi connectivity index (χ1v) is 13.1. The highest BCUT2D eigenvalue weighted by molar-refractivity contribution is 5.96. The van der Waals surface area contributed by atoms with Crippen molar-refractivity contribution >= 4 is 29.1 Å². The van der Waals surface area contributed by atoms with E-state index in [0.717, 1.165) is 5.56 Å². The fourth-order valence-electron chi connectivity index (χ4n) is 4.28. The zero-order valence-electron chi connectivity index (χ0n) is 22.4. The Labute approximate surface area is 230 Å². The van der Waals surface area contributed by atoms with Crippen LogP contribution in [-0.4, -0.2) is 52.5 Å². The van der Waals surface area contributed by atoms with Crippen molar-refractivity contribution in [1.82, 2.24) is 30.3 Å². The van der Waals surface area contributed by atoms with Gasteiger partial charge in [0.05, 0.1) is 11.9 Å². The minimum Gasteiger partial charge on any atom is -0.350 e. The van der Waals surface area contributed by atoms with Gasteiger partial charge in [-0.3, -0.25) is 9.20 Å². The summed E-state index contributed by atoms with van der Waals surface area (Å²) in [5.74, 6) is -1.62. The second kappa shape index (κ2) is 13.0. The number of hydrogen-bond acceptors (Lipinski definition) is 6. The molecule has 12 heteroatoms. The van der Waals surface area contributed by atoms with Crippen molar-refractivity contribution in [2.45, 2.75) is 26.7 Å². The van der Waals surface area contributed by atoms with E-state index in [1.165, 1.54) is 6.20 Å². The highest BCUT2D eigenvalue weighted by atomic mass is 19.2. The van der Waals surface area contributed by atoms with E-state index < -0.39 is 11.6 Å². The Morgan fingerprint density at radius 1 is 0.925 bits per heavy atom. The number of fused-ring (bicyclic) bond motifs is 1. The van der Waals surface area contributed by atoms with Gasteiger partial charge in [0.1, 0.15) is 0 Å². The summed E-state index contributed by atoms with van der Waals surface area (Å²) in [6, 6.07) is 8.10. The molecule has 0 saturated heterocycles. The summed E-state index contributed by atoms with van der Waals surface area (Å²) in [7, 11) is 0. The van der Waals surface area contributed by atoms with Crippen molar-refractivity contribution in [3.63, 3.8) is 0 Å². The van der Waals surface area contributed by atoms with Crippen molar-refractivity contribution in [2.24, 2.45) is 5.73 Å². The molecule has 0 bridgehead atoms. The molecular weight excluding hydrogens is 518 g/mol. The Morgan fingerprint density at radius 3 is 2.42 bits per heavy atom. The summed E-state index contributed by atoms with van der Waals surface area (Å²) in [6.45, 7) is 4.95. The Kier molecular flexibility index (Phi) is 9.23. The van der Waals surface area contributed by atoms with E-state index in [1.807, 2.05) is 13.0 Å². The van der Waals surface area contributed by atoms with E-state index in [4.69, 9.17) is 5.73 Å². The number of hydrogen-bond donors (Lipinski definition) is 5. The van der Waals surface area contributed by atoms with Crippen LogP contribution in [0.5, 0.6) is 0 Å². The maximum Gasteiger partial charge on any atom is 0.314 e. The summed E-state index contributed by atoms with van der Waals surface area (Å²) in [6.07, 6.45) is 5.65. The molecule has 0 aliphatic carbocycles. The molecule has 40 heavy (non-hydrogen) atoms. The summed E-state index contributed by atoms with van der Waals surface area (Å²) in [5.41, 5.74) is 8.59. The van der Waals surface area contributed by atoms with Gasteiger partial charge in [-0.2, -0.15) is 0 Å². The van der Waals surface area contributed by atoms with Crippen molar-refractivity contribution in [3.8, 4) is 11.3 Å². The number of nitrogens with one attached hydrogen (secondary N) is 4. The molecule has 3 amide bonds. The van der Waals surface area contributed by atoms with Gasteiger partial charge in [-0.15, -0.1) is 0 Å². The second-order valence-electron chi connectivity index (χ2n) is 8.94. The first-order valence-electron chi connectivity index (χ1n) is 13.1. The van der Waals surface area contributed by atoms with Gasteiger partial charge in [0.25, 0.3) is 5.91 Å². The van der Waals surface area contributed by atoms with Crippen LogP contribution in [0.3, 0.4) is 0 Å². The molecule has 6 N–H and O–H groups in total. The van der Waals surface area contributed by atoms with Crippen LogP contribution in [0.15, 0.2) is 48.9 Å². The number of aryl methyl sites for hydroxylation is 2. The molecule has 210 valence electrons. The number of carbonyl (C=O) groups excluding carboxylic acids is 2. The third-order valence-electron chi connectivity index (χ3n) is 6.37. The molecule has 0 aliphatic rings. The molecule has 0 fully saturated rings. The smallest absolute Gasteiger partial charge is 0.314 e. The average Bonchev–Trinajstić information content (AvgIpc) is 3.40. The fourth-order valence-corrected chi connectivity index (χ4v) is 4.28. The first-order chi connectivity index (χ1) is 19.4. The number of nitrogens with zero attached hydrogens (tertiary/aromatic N) is 3. The van der Waals surface area contributed by atoms with Crippen molar-refractivity contribution < 1.29 is 18.4 Å². The third kappa shape index (κ3) is 6.18. The lowest BCUT2D eigenvalue weighted by Gasteiger charge is -2.13. The van der Waals surface area contributed by atoms with Crippen LogP contribution in [-0.2, 0) is 12.8 Å². The molecule has 0 radical (unpaired) electrons. The van der Waals surface area contributed by atoms with Gasteiger partial charge in [-0.05, 0) is 48.2 Å². The van der Waals surface area contributed by atoms with Gasteiger partial charge in [0, 0.05) is 55.4 Å². The van der Waals surface area contributed by atoms with Crippen LogP contribution in [0.25, 0.3) is 16.9 Å². The molecule has 0 atom stereocenters. The highest BCUT2D eigenvalue weighted by Crippen LogP contribution is 2.30. The lowest BCUT2D eigenvalue weighted by atomic mass is 10.0. The lowest BCUT2D eigenvalue weighted by molar-refractivity contribution is 0.0953. The maximum atomic E-state index is 14.8. The number of benzene rings is 2. The maximum absolute atomic E-state index is 14.8. The molecule has 0 unspecified atom stereocenters. The normalized spacial score (nSPS) is 10.9. The predicted octanol–water partition coefficient (Wildman–Crippen LogP) is 3.53. The molecular formula is C28H32F2N8O2. The highest BCUT2D eigenvalue weighted by Gasteiger charge is 2.18. The number of aromatic nitrogens is 3. The van der Waals surface area contributed by atoms with Crippen molar-refractivity contribution in [1.29, 1.82) is 0 Å². The number of rotatable bonds is 11. The number of halogens is 2. The van der Waals surface area contributed by atoms with Gasteiger partial charge >= 0.3 is 6.03 Å². The van der Waals surface area contributed by atoms with Gasteiger partial charge < -0.3 is 27.0 Å². The van der Waals surface area contributed by atoms with Crippen LogP contribution >= 0.6 is 0 Å². The van der Waals surface area contributed by atoms with E-state index in [-0.39, 0.29) is 30.6 Å². The molecule has 0 saturated carbocycles. The largest absolute Gasteiger partial charge is 0.350 e. The Morgan fingerprint density at radius 2 is 1.68 bits per heavy atom. The van der Waals surface area contributed by atoms with Gasteiger partial charge in [-0.25, -0.2) is 23.5 Å². The predicted molar refractivity (Wildman–Crippen MR) is 150 cm³/mol. The van der Waals surface area contributed by atoms with Crippen LogP contribution in [0, 0.1) is 11.6 Å². The Hall–Kier alpha value is -4.58. The number of carbonyl (C=O) groups is 2. The van der Waals surface area contributed by atoms with E-state index in [1.54, 1.807) is 48.0 Å². The summed E-state index contributed by atoms with van der Waals surface area (Å²) >= 11 is 0. The molecule has 10 nitrogen and oxygen atoms in total. The summed E-state index contributed by atoms with van der Waals surface area (Å²) < 4.78 is 31.0. The SMILES string of the molecule is CCc1cc(Nc2nccn3c(-c4ccc(CC)c(F)c4F)cnc23)ccc1C(=O)NCCNC(=O)NCCN. The van der Waals surface area contributed by atoms with Gasteiger partial charge in [0.2, 0.25) is 0 Å². The molecule has 4 rings (SSSR count).